The fourth-order valence-corrected chi connectivity index (χ4v) is 3.40. The van der Waals surface area contributed by atoms with Crippen LogP contribution < -0.4 is 10.1 Å². The fraction of sp³-hybridized carbons (Fsp3) is 0.650. The number of likely N-dealkylation sites (tertiary alicyclic amines) is 1. The molecule has 1 aromatic carbocycles. The molecule has 2 saturated heterocycles. The Labute approximate surface area is 157 Å². The van der Waals surface area contributed by atoms with E-state index in [-0.39, 0.29) is 0 Å². The van der Waals surface area contributed by atoms with Crippen molar-refractivity contribution in [2.75, 3.05) is 59.1 Å². The van der Waals surface area contributed by atoms with Crippen molar-refractivity contribution < 1.29 is 9.47 Å². The molecule has 26 heavy (non-hydrogen) atoms. The zero-order valence-electron chi connectivity index (χ0n) is 16.0. The summed E-state index contributed by atoms with van der Waals surface area (Å²) in [5.74, 6) is 1.97. The van der Waals surface area contributed by atoms with E-state index >= 15 is 0 Å². The number of benzene rings is 1. The maximum atomic E-state index is 6.07. The molecule has 0 atom stereocenters. The Morgan fingerprint density at radius 1 is 1.15 bits per heavy atom. The van der Waals surface area contributed by atoms with E-state index in [4.69, 9.17) is 14.5 Å². The number of para-hydroxylation sites is 1. The number of nitrogens with one attached hydrogen (secondary N) is 1. The van der Waals surface area contributed by atoms with Crippen molar-refractivity contribution in [3.8, 4) is 5.75 Å². The van der Waals surface area contributed by atoms with Gasteiger partial charge in [0.2, 0.25) is 0 Å². The summed E-state index contributed by atoms with van der Waals surface area (Å²) in [4.78, 5) is 9.59. The molecule has 0 unspecified atom stereocenters. The lowest BCUT2D eigenvalue weighted by Gasteiger charge is -2.26. The van der Waals surface area contributed by atoms with Gasteiger partial charge in [-0.1, -0.05) is 18.2 Å². The van der Waals surface area contributed by atoms with Crippen LogP contribution in [0.1, 0.15) is 25.3 Å². The van der Waals surface area contributed by atoms with Gasteiger partial charge in [0.1, 0.15) is 12.4 Å². The first-order valence-electron chi connectivity index (χ1n) is 9.91. The topological polar surface area (TPSA) is 49.3 Å². The second-order valence-corrected chi connectivity index (χ2v) is 6.77. The summed E-state index contributed by atoms with van der Waals surface area (Å²) >= 11 is 0. The summed E-state index contributed by atoms with van der Waals surface area (Å²) in [7, 11) is 0. The number of ether oxygens (including phenoxy) is 2. The lowest BCUT2D eigenvalue weighted by atomic mass is 10.2. The Kier molecular flexibility index (Phi) is 7.58. The maximum Gasteiger partial charge on any atom is 0.194 e. The molecular formula is C20H32N4O2. The summed E-state index contributed by atoms with van der Waals surface area (Å²) in [6.45, 7) is 11.2. The van der Waals surface area contributed by atoms with E-state index in [0.29, 0.717) is 13.2 Å². The van der Waals surface area contributed by atoms with Gasteiger partial charge in [-0.25, -0.2) is 4.99 Å². The van der Waals surface area contributed by atoms with Crippen LogP contribution in [0.2, 0.25) is 0 Å². The van der Waals surface area contributed by atoms with Crippen molar-refractivity contribution in [2.45, 2.75) is 26.3 Å². The van der Waals surface area contributed by atoms with Gasteiger partial charge in [-0.3, -0.25) is 4.90 Å². The van der Waals surface area contributed by atoms with Gasteiger partial charge >= 0.3 is 0 Å². The number of hydrogen-bond acceptors (Lipinski definition) is 4. The lowest BCUT2D eigenvalue weighted by molar-refractivity contribution is 0.0322. The molecule has 0 aromatic heterocycles. The van der Waals surface area contributed by atoms with Crippen LogP contribution in [0.25, 0.3) is 0 Å². The molecule has 0 saturated carbocycles. The molecule has 0 bridgehead atoms. The SMILES string of the molecule is CCNC(=NCc1ccccc1OCCN1CCOCC1)N1CCCC1. The predicted molar refractivity (Wildman–Crippen MR) is 105 cm³/mol. The number of aliphatic imine (C=N–C) groups is 1. The molecule has 1 aromatic rings. The normalized spacial score (nSPS) is 19.0. The van der Waals surface area contributed by atoms with E-state index in [2.05, 4.69) is 34.2 Å². The molecule has 1 N–H and O–H groups in total. The third kappa shape index (κ3) is 5.61. The quantitative estimate of drug-likeness (QED) is 0.595. The standard InChI is InChI=1S/C20H32N4O2/c1-2-21-20(24-9-5-6-10-24)22-17-18-7-3-4-8-19(18)26-16-13-23-11-14-25-15-12-23/h3-4,7-8H,2,5-6,9-17H2,1H3,(H,21,22). The Morgan fingerprint density at radius 2 is 1.92 bits per heavy atom. The first kappa shape index (κ1) is 19.0. The molecule has 0 radical (unpaired) electrons. The predicted octanol–water partition coefficient (Wildman–Crippen LogP) is 1.96. The third-order valence-corrected chi connectivity index (χ3v) is 4.88. The van der Waals surface area contributed by atoms with Crippen LogP contribution >= 0.6 is 0 Å². The molecule has 0 aliphatic carbocycles. The third-order valence-electron chi connectivity index (χ3n) is 4.88. The minimum Gasteiger partial charge on any atom is -0.492 e. The average Bonchev–Trinajstić information content (AvgIpc) is 3.21. The van der Waals surface area contributed by atoms with Gasteiger partial charge in [0.15, 0.2) is 5.96 Å². The molecule has 2 aliphatic heterocycles. The number of guanidine groups is 1. The van der Waals surface area contributed by atoms with Gasteiger partial charge in [0.05, 0.1) is 19.8 Å². The number of morpholine rings is 1. The van der Waals surface area contributed by atoms with E-state index in [1.165, 1.54) is 12.8 Å². The van der Waals surface area contributed by atoms with Crippen LogP contribution in [0, 0.1) is 0 Å². The first-order valence-corrected chi connectivity index (χ1v) is 9.91. The van der Waals surface area contributed by atoms with Crippen LogP contribution in [0.4, 0.5) is 0 Å². The molecule has 6 heteroatoms. The second kappa shape index (κ2) is 10.4. The molecular weight excluding hydrogens is 328 g/mol. The number of hydrogen-bond donors (Lipinski definition) is 1. The van der Waals surface area contributed by atoms with E-state index < -0.39 is 0 Å². The maximum absolute atomic E-state index is 6.07. The van der Waals surface area contributed by atoms with Gasteiger partial charge in [-0.15, -0.1) is 0 Å². The highest BCUT2D eigenvalue weighted by atomic mass is 16.5. The highest BCUT2D eigenvalue weighted by Crippen LogP contribution is 2.19. The Morgan fingerprint density at radius 3 is 2.69 bits per heavy atom. The van der Waals surface area contributed by atoms with Gasteiger partial charge in [-0.05, 0) is 25.8 Å². The molecule has 144 valence electrons. The zero-order chi connectivity index (χ0) is 18.0. The largest absolute Gasteiger partial charge is 0.492 e. The molecule has 2 aliphatic rings. The van der Waals surface area contributed by atoms with E-state index in [0.717, 1.165) is 69.8 Å². The zero-order valence-corrected chi connectivity index (χ0v) is 16.0. The van der Waals surface area contributed by atoms with E-state index in [9.17, 15) is 0 Å². The summed E-state index contributed by atoms with van der Waals surface area (Å²) in [5, 5.41) is 3.42. The molecule has 2 fully saturated rings. The monoisotopic (exact) mass is 360 g/mol. The van der Waals surface area contributed by atoms with Crippen molar-refractivity contribution in [1.82, 2.24) is 15.1 Å². The Bertz CT molecular complexity index is 567. The van der Waals surface area contributed by atoms with Crippen LogP contribution in [-0.4, -0.2) is 74.8 Å². The van der Waals surface area contributed by atoms with Crippen LogP contribution in [0.15, 0.2) is 29.3 Å². The second-order valence-electron chi connectivity index (χ2n) is 6.77. The highest BCUT2D eigenvalue weighted by molar-refractivity contribution is 5.80. The van der Waals surface area contributed by atoms with E-state index in [1.807, 2.05) is 12.1 Å². The number of rotatable bonds is 7. The summed E-state index contributed by atoms with van der Waals surface area (Å²) in [6, 6.07) is 8.25. The summed E-state index contributed by atoms with van der Waals surface area (Å²) in [5.41, 5.74) is 1.14. The average molecular weight is 361 g/mol. The minimum atomic E-state index is 0.645. The molecule has 0 spiro atoms. The minimum absolute atomic E-state index is 0.645. The van der Waals surface area contributed by atoms with Crippen LogP contribution in [0.3, 0.4) is 0 Å². The first-order chi connectivity index (χ1) is 12.9. The molecule has 6 nitrogen and oxygen atoms in total. The van der Waals surface area contributed by atoms with Crippen molar-refractivity contribution in [2.24, 2.45) is 4.99 Å². The van der Waals surface area contributed by atoms with Gasteiger partial charge in [-0.2, -0.15) is 0 Å². The van der Waals surface area contributed by atoms with Crippen molar-refractivity contribution >= 4 is 5.96 Å². The van der Waals surface area contributed by atoms with Crippen LogP contribution in [-0.2, 0) is 11.3 Å². The van der Waals surface area contributed by atoms with Gasteiger partial charge in [0, 0.05) is 44.8 Å². The molecule has 0 amide bonds. The summed E-state index contributed by atoms with van der Waals surface area (Å²) in [6.07, 6.45) is 2.51. The van der Waals surface area contributed by atoms with Gasteiger partial charge < -0.3 is 19.7 Å². The van der Waals surface area contributed by atoms with Crippen molar-refractivity contribution in [3.05, 3.63) is 29.8 Å². The van der Waals surface area contributed by atoms with Crippen molar-refractivity contribution in [1.29, 1.82) is 0 Å². The smallest absolute Gasteiger partial charge is 0.194 e. The lowest BCUT2D eigenvalue weighted by Crippen LogP contribution is -2.39. The Hall–Kier alpha value is -1.79. The molecule has 2 heterocycles. The van der Waals surface area contributed by atoms with E-state index in [1.54, 1.807) is 0 Å². The summed E-state index contributed by atoms with van der Waals surface area (Å²) < 4.78 is 11.5. The van der Waals surface area contributed by atoms with Crippen molar-refractivity contribution in [3.63, 3.8) is 0 Å². The highest BCUT2D eigenvalue weighted by Gasteiger charge is 2.16. The molecule has 3 rings (SSSR count). The van der Waals surface area contributed by atoms with Gasteiger partial charge in [0.25, 0.3) is 0 Å². The fourth-order valence-electron chi connectivity index (χ4n) is 3.40. The Balaban J connectivity index is 1.56. The number of nitrogens with zero attached hydrogens (tertiary/aromatic N) is 3. The van der Waals surface area contributed by atoms with Crippen LogP contribution in [0.5, 0.6) is 5.75 Å².